The van der Waals surface area contributed by atoms with E-state index < -0.39 is 0 Å². The van der Waals surface area contributed by atoms with Crippen molar-refractivity contribution in [3.63, 3.8) is 0 Å². The van der Waals surface area contributed by atoms with Crippen molar-refractivity contribution in [3.05, 3.63) is 34.1 Å². The first kappa shape index (κ1) is 16.6. The van der Waals surface area contributed by atoms with Crippen LogP contribution in [0.5, 0.6) is 0 Å². The first-order valence-electron chi connectivity index (χ1n) is 7.21. The van der Waals surface area contributed by atoms with Gasteiger partial charge in [-0.2, -0.15) is 0 Å². The van der Waals surface area contributed by atoms with Crippen LogP contribution in [0.15, 0.2) is 22.7 Å². The van der Waals surface area contributed by atoms with Gasteiger partial charge < -0.3 is 5.32 Å². The van der Waals surface area contributed by atoms with E-state index >= 15 is 0 Å². The molecule has 0 aliphatic heterocycles. The largest absolute Gasteiger partial charge is 0.316 e. The fourth-order valence-electron chi connectivity index (χ4n) is 2.43. The van der Waals surface area contributed by atoms with Gasteiger partial charge in [-0.05, 0) is 71.3 Å². The molecule has 0 aliphatic carbocycles. The van der Waals surface area contributed by atoms with Crippen LogP contribution in [-0.2, 0) is 6.42 Å². The minimum atomic E-state index is -0.188. The van der Waals surface area contributed by atoms with Crippen LogP contribution in [0.3, 0.4) is 0 Å². The molecule has 1 aromatic rings. The van der Waals surface area contributed by atoms with Crippen LogP contribution in [0, 0.1) is 11.2 Å². The monoisotopic (exact) mass is 329 g/mol. The summed E-state index contributed by atoms with van der Waals surface area (Å²) >= 11 is 3.27. The molecule has 1 nitrogen and oxygen atoms in total. The van der Waals surface area contributed by atoms with Crippen molar-refractivity contribution in [1.82, 2.24) is 5.32 Å². The minimum Gasteiger partial charge on any atom is -0.316 e. The molecule has 19 heavy (non-hydrogen) atoms. The lowest BCUT2D eigenvalue weighted by Crippen LogP contribution is -2.35. The van der Waals surface area contributed by atoms with E-state index in [0.29, 0.717) is 4.47 Å². The normalized spacial score (nSPS) is 11.8. The van der Waals surface area contributed by atoms with Gasteiger partial charge in [0.15, 0.2) is 0 Å². The molecule has 1 aromatic carbocycles. The Balaban J connectivity index is 2.78. The molecule has 1 N–H and O–H groups in total. The Morgan fingerprint density at radius 2 is 1.89 bits per heavy atom. The van der Waals surface area contributed by atoms with Crippen LogP contribution in [0.1, 0.15) is 45.6 Å². The maximum Gasteiger partial charge on any atom is 0.137 e. The molecule has 0 spiro atoms. The molecule has 0 aromatic heterocycles. The van der Waals surface area contributed by atoms with E-state index in [1.165, 1.54) is 5.56 Å². The second-order valence-corrected chi connectivity index (χ2v) is 6.16. The van der Waals surface area contributed by atoms with Gasteiger partial charge in [0.25, 0.3) is 0 Å². The van der Waals surface area contributed by atoms with E-state index in [4.69, 9.17) is 0 Å². The van der Waals surface area contributed by atoms with E-state index in [1.807, 2.05) is 12.1 Å². The molecule has 0 unspecified atom stereocenters. The van der Waals surface area contributed by atoms with Crippen molar-refractivity contribution in [2.24, 2.45) is 5.41 Å². The van der Waals surface area contributed by atoms with Crippen LogP contribution < -0.4 is 5.32 Å². The molecule has 0 heterocycles. The van der Waals surface area contributed by atoms with E-state index in [0.717, 1.165) is 38.8 Å². The molecule has 3 heteroatoms. The van der Waals surface area contributed by atoms with Crippen molar-refractivity contribution in [1.29, 1.82) is 0 Å². The van der Waals surface area contributed by atoms with Crippen molar-refractivity contribution in [2.75, 3.05) is 13.1 Å². The van der Waals surface area contributed by atoms with Gasteiger partial charge in [-0.15, -0.1) is 0 Å². The summed E-state index contributed by atoms with van der Waals surface area (Å²) in [6, 6.07) is 5.37. The number of hydrogen-bond acceptors (Lipinski definition) is 1. The number of hydrogen-bond donors (Lipinski definition) is 1. The van der Waals surface area contributed by atoms with Crippen molar-refractivity contribution in [2.45, 2.75) is 46.5 Å². The molecule has 0 fully saturated rings. The molecule has 0 amide bonds. The molecule has 1 rings (SSSR count). The first-order chi connectivity index (χ1) is 9.06. The van der Waals surface area contributed by atoms with E-state index in [9.17, 15) is 4.39 Å². The Bertz CT molecular complexity index is 388. The third-order valence-corrected chi connectivity index (χ3v) is 4.60. The van der Waals surface area contributed by atoms with Crippen LogP contribution in [0.25, 0.3) is 0 Å². The van der Waals surface area contributed by atoms with Crippen molar-refractivity contribution >= 4 is 15.9 Å². The Labute approximate surface area is 125 Å². The lowest BCUT2D eigenvalue weighted by atomic mass is 9.77. The molecular formula is C16H25BrFN. The maximum absolute atomic E-state index is 13.3. The number of nitrogens with one attached hydrogen (secondary N) is 1. The first-order valence-corrected chi connectivity index (χ1v) is 8.01. The van der Waals surface area contributed by atoms with Gasteiger partial charge in [-0.3, -0.25) is 0 Å². The highest BCUT2D eigenvalue weighted by atomic mass is 79.9. The average Bonchev–Trinajstić information content (AvgIpc) is 2.42. The summed E-state index contributed by atoms with van der Waals surface area (Å²) in [5, 5.41) is 3.54. The zero-order valence-corrected chi connectivity index (χ0v) is 13.8. The van der Waals surface area contributed by atoms with Crippen molar-refractivity contribution in [3.8, 4) is 0 Å². The topological polar surface area (TPSA) is 12.0 Å². The molecule has 0 saturated heterocycles. The smallest absolute Gasteiger partial charge is 0.137 e. The number of halogens is 2. The summed E-state index contributed by atoms with van der Waals surface area (Å²) in [6.45, 7) is 8.77. The van der Waals surface area contributed by atoms with Gasteiger partial charge in [-0.1, -0.05) is 26.8 Å². The molecule has 0 saturated carbocycles. The van der Waals surface area contributed by atoms with Gasteiger partial charge in [-0.25, -0.2) is 4.39 Å². The summed E-state index contributed by atoms with van der Waals surface area (Å²) < 4.78 is 13.8. The maximum atomic E-state index is 13.3. The van der Waals surface area contributed by atoms with E-state index in [2.05, 4.69) is 42.0 Å². The van der Waals surface area contributed by atoms with Gasteiger partial charge in [0, 0.05) is 6.54 Å². The highest BCUT2D eigenvalue weighted by Crippen LogP contribution is 2.31. The van der Waals surface area contributed by atoms with Crippen LogP contribution in [0.2, 0.25) is 0 Å². The molecule has 108 valence electrons. The highest BCUT2D eigenvalue weighted by molar-refractivity contribution is 9.10. The summed E-state index contributed by atoms with van der Waals surface area (Å²) in [7, 11) is 0. The Morgan fingerprint density at radius 3 is 2.42 bits per heavy atom. The SMILES string of the molecule is CCCNCC(CC)(CC)Cc1ccc(F)c(Br)c1. The predicted molar refractivity (Wildman–Crippen MR) is 84.0 cm³/mol. The second kappa shape index (κ2) is 8.01. The zero-order valence-electron chi connectivity index (χ0n) is 12.2. The number of benzene rings is 1. The summed E-state index contributed by atoms with van der Waals surface area (Å²) in [4.78, 5) is 0. The van der Waals surface area contributed by atoms with Crippen molar-refractivity contribution < 1.29 is 4.39 Å². The fraction of sp³-hybridized carbons (Fsp3) is 0.625. The average molecular weight is 330 g/mol. The van der Waals surface area contributed by atoms with E-state index in [-0.39, 0.29) is 11.2 Å². The number of rotatable bonds is 8. The van der Waals surface area contributed by atoms with Gasteiger partial charge in [0.05, 0.1) is 4.47 Å². The molecular weight excluding hydrogens is 305 g/mol. The molecule has 0 radical (unpaired) electrons. The molecule has 0 bridgehead atoms. The lowest BCUT2D eigenvalue weighted by molar-refractivity contribution is 0.247. The van der Waals surface area contributed by atoms with Gasteiger partial charge in [0.2, 0.25) is 0 Å². The predicted octanol–water partition coefficient (Wildman–Crippen LogP) is 4.94. The zero-order chi connectivity index (χ0) is 14.3. The van der Waals surface area contributed by atoms with Gasteiger partial charge >= 0.3 is 0 Å². The summed E-state index contributed by atoms with van der Waals surface area (Å²) in [5.74, 6) is -0.188. The Hall–Kier alpha value is -0.410. The van der Waals surface area contributed by atoms with E-state index in [1.54, 1.807) is 6.07 Å². The standard InChI is InChI=1S/C16H25BrFN/c1-4-9-19-12-16(5-2,6-3)11-13-7-8-15(18)14(17)10-13/h7-8,10,19H,4-6,9,11-12H2,1-3H3. The second-order valence-electron chi connectivity index (χ2n) is 5.31. The quantitative estimate of drug-likeness (QED) is 0.666. The van der Waals surface area contributed by atoms with Crippen LogP contribution in [0.4, 0.5) is 4.39 Å². The third kappa shape index (κ3) is 4.88. The Kier molecular flexibility index (Phi) is 7.01. The highest BCUT2D eigenvalue weighted by Gasteiger charge is 2.26. The fourth-order valence-corrected chi connectivity index (χ4v) is 2.85. The molecule has 0 atom stereocenters. The third-order valence-electron chi connectivity index (χ3n) is 3.99. The minimum absolute atomic E-state index is 0.188. The van der Waals surface area contributed by atoms with Crippen LogP contribution in [-0.4, -0.2) is 13.1 Å². The van der Waals surface area contributed by atoms with Crippen LogP contribution >= 0.6 is 15.9 Å². The Morgan fingerprint density at radius 1 is 1.21 bits per heavy atom. The summed E-state index contributed by atoms with van der Waals surface area (Å²) in [6.07, 6.45) is 4.42. The van der Waals surface area contributed by atoms with Gasteiger partial charge in [0.1, 0.15) is 5.82 Å². The summed E-state index contributed by atoms with van der Waals surface area (Å²) in [5.41, 5.74) is 1.47. The molecule has 0 aliphatic rings. The lowest BCUT2D eigenvalue weighted by Gasteiger charge is -2.32.